The van der Waals surface area contributed by atoms with Crippen LogP contribution >= 0.6 is 0 Å². The van der Waals surface area contributed by atoms with Gasteiger partial charge in [0, 0.05) is 5.56 Å². The molecule has 1 aromatic carbocycles. The topological polar surface area (TPSA) is 60.4 Å². The maximum absolute atomic E-state index is 14.3. The molecule has 4 nitrogen and oxygen atoms in total. The van der Waals surface area contributed by atoms with Gasteiger partial charge in [-0.25, -0.2) is 4.39 Å². The molecule has 0 aliphatic heterocycles. The molecule has 2 aromatic rings. The van der Waals surface area contributed by atoms with E-state index in [9.17, 15) is 4.39 Å². The second-order valence-electron chi connectivity index (χ2n) is 5.11. The molecule has 0 saturated carbocycles. The maximum Gasteiger partial charge on any atom is 0.168 e. The summed E-state index contributed by atoms with van der Waals surface area (Å²) >= 11 is 0. The molecule has 1 unspecified atom stereocenters. The summed E-state index contributed by atoms with van der Waals surface area (Å²) < 4.78 is 24.9. The monoisotopic (exact) mass is 292 g/mol. The summed E-state index contributed by atoms with van der Waals surface area (Å²) in [6.07, 6.45) is 0.417. The number of hydrazine groups is 1. The van der Waals surface area contributed by atoms with Crippen LogP contribution in [0.1, 0.15) is 34.3 Å². The van der Waals surface area contributed by atoms with Crippen molar-refractivity contribution < 1.29 is 13.5 Å². The van der Waals surface area contributed by atoms with E-state index in [0.29, 0.717) is 12.0 Å². The third-order valence-electron chi connectivity index (χ3n) is 3.85. The highest BCUT2D eigenvalue weighted by Gasteiger charge is 2.22. The Kier molecular flexibility index (Phi) is 4.65. The molecule has 0 spiro atoms. The molecule has 0 aliphatic carbocycles. The molecule has 1 heterocycles. The molecule has 21 heavy (non-hydrogen) atoms. The largest absolute Gasteiger partial charge is 0.494 e. The minimum absolute atomic E-state index is 0.218. The molecule has 0 amide bonds. The van der Waals surface area contributed by atoms with Crippen molar-refractivity contribution >= 4 is 0 Å². The lowest BCUT2D eigenvalue weighted by Crippen LogP contribution is -2.30. The zero-order valence-electron chi connectivity index (χ0n) is 12.8. The molecule has 114 valence electrons. The van der Waals surface area contributed by atoms with E-state index in [4.69, 9.17) is 15.0 Å². The summed E-state index contributed by atoms with van der Waals surface area (Å²) in [7, 11) is 1.45. The van der Waals surface area contributed by atoms with Gasteiger partial charge in [0.25, 0.3) is 0 Å². The number of benzene rings is 1. The normalized spacial score (nSPS) is 12.5. The van der Waals surface area contributed by atoms with E-state index in [1.54, 1.807) is 18.2 Å². The summed E-state index contributed by atoms with van der Waals surface area (Å²) in [5, 5.41) is 0. The minimum atomic E-state index is -0.351. The predicted octanol–water partition coefficient (Wildman–Crippen LogP) is 3.10. The average Bonchev–Trinajstić information content (AvgIpc) is 2.72. The third kappa shape index (κ3) is 2.94. The Morgan fingerprint density at radius 3 is 2.52 bits per heavy atom. The summed E-state index contributed by atoms with van der Waals surface area (Å²) in [6, 6.07) is 4.89. The van der Waals surface area contributed by atoms with Gasteiger partial charge in [0.15, 0.2) is 11.6 Å². The standard InChI is InChI=1S/C16H21FN2O2/c1-9-10(2)21-11(3)15(9)13(19-18)8-12-6-5-7-14(20-4)16(12)17/h5-7,13,19H,8,18H2,1-4H3. The van der Waals surface area contributed by atoms with Crippen molar-refractivity contribution in [2.45, 2.75) is 33.2 Å². The molecule has 0 aliphatic rings. The first-order valence-electron chi connectivity index (χ1n) is 6.83. The SMILES string of the molecule is COc1cccc(CC(NN)c2c(C)oc(C)c2C)c1F. The van der Waals surface area contributed by atoms with Crippen LogP contribution in [-0.4, -0.2) is 7.11 Å². The zero-order valence-corrected chi connectivity index (χ0v) is 12.8. The number of nitrogens with two attached hydrogens (primary N) is 1. The molecule has 0 saturated heterocycles. The number of furan rings is 1. The number of methoxy groups -OCH3 is 1. The second kappa shape index (κ2) is 6.28. The molecule has 1 atom stereocenters. The Morgan fingerprint density at radius 1 is 1.29 bits per heavy atom. The van der Waals surface area contributed by atoms with Crippen molar-refractivity contribution in [2.24, 2.45) is 5.84 Å². The quantitative estimate of drug-likeness (QED) is 0.656. The Morgan fingerprint density at radius 2 is 2.00 bits per heavy atom. The molecule has 3 N–H and O–H groups in total. The van der Waals surface area contributed by atoms with Gasteiger partial charge in [-0.3, -0.25) is 11.3 Å². The number of rotatable bonds is 5. The van der Waals surface area contributed by atoms with Crippen LogP contribution in [0.15, 0.2) is 22.6 Å². The van der Waals surface area contributed by atoms with E-state index in [2.05, 4.69) is 5.43 Å². The van der Waals surface area contributed by atoms with Gasteiger partial charge in [-0.05, 0) is 44.4 Å². The van der Waals surface area contributed by atoms with Crippen molar-refractivity contribution in [3.05, 3.63) is 52.2 Å². The van der Waals surface area contributed by atoms with Gasteiger partial charge in [-0.15, -0.1) is 0 Å². The van der Waals surface area contributed by atoms with Crippen LogP contribution in [0.25, 0.3) is 0 Å². The summed E-state index contributed by atoms with van der Waals surface area (Å²) in [6.45, 7) is 5.78. The number of halogens is 1. The first-order valence-corrected chi connectivity index (χ1v) is 6.83. The number of hydrogen-bond acceptors (Lipinski definition) is 4. The lowest BCUT2D eigenvalue weighted by Gasteiger charge is -2.18. The molecule has 0 bridgehead atoms. The second-order valence-corrected chi connectivity index (χ2v) is 5.11. The number of hydrogen-bond donors (Lipinski definition) is 2. The van der Waals surface area contributed by atoms with Crippen LogP contribution in [0.2, 0.25) is 0 Å². The smallest absolute Gasteiger partial charge is 0.168 e. The van der Waals surface area contributed by atoms with E-state index in [1.807, 2.05) is 20.8 Å². The van der Waals surface area contributed by atoms with Crippen molar-refractivity contribution in [3.8, 4) is 5.75 Å². The maximum atomic E-state index is 14.3. The van der Waals surface area contributed by atoms with Crippen LogP contribution in [0.3, 0.4) is 0 Å². The molecule has 0 radical (unpaired) electrons. The average molecular weight is 292 g/mol. The highest BCUT2D eigenvalue weighted by molar-refractivity contribution is 5.37. The molecule has 2 rings (SSSR count). The number of nitrogens with one attached hydrogen (secondary N) is 1. The van der Waals surface area contributed by atoms with Crippen molar-refractivity contribution in [3.63, 3.8) is 0 Å². The van der Waals surface area contributed by atoms with E-state index in [-0.39, 0.29) is 17.6 Å². The molecular weight excluding hydrogens is 271 g/mol. The predicted molar refractivity (Wildman–Crippen MR) is 79.6 cm³/mol. The summed E-state index contributed by atoms with van der Waals surface area (Å²) in [5.74, 6) is 7.22. The van der Waals surface area contributed by atoms with Crippen molar-refractivity contribution in [2.75, 3.05) is 7.11 Å². The van der Waals surface area contributed by atoms with Crippen molar-refractivity contribution in [1.82, 2.24) is 5.43 Å². The highest BCUT2D eigenvalue weighted by atomic mass is 19.1. The van der Waals surface area contributed by atoms with E-state index < -0.39 is 0 Å². The Hall–Kier alpha value is -1.85. The molecule has 0 fully saturated rings. The fraction of sp³-hybridized carbons (Fsp3) is 0.375. The molecule has 5 heteroatoms. The van der Waals surface area contributed by atoms with Crippen LogP contribution < -0.4 is 16.0 Å². The summed E-state index contributed by atoms with van der Waals surface area (Å²) in [5.41, 5.74) is 5.33. The summed E-state index contributed by atoms with van der Waals surface area (Å²) in [4.78, 5) is 0. The first-order chi connectivity index (χ1) is 9.99. The Balaban J connectivity index is 2.36. The number of aryl methyl sites for hydroxylation is 2. The fourth-order valence-corrected chi connectivity index (χ4v) is 2.66. The molecular formula is C16H21FN2O2. The lowest BCUT2D eigenvalue weighted by atomic mass is 9.96. The Bertz CT molecular complexity index is 637. The van der Waals surface area contributed by atoms with Gasteiger partial charge in [0.1, 0.15) is 11.5 Å². The minimum Gasteiger partial charge on any atom is -0.494 e. The van der Waals surface area contributed by atoms with Gasteiger partial charge in [0.05, 0.1) is 13.2 Å². The zero-order chi connectivity index (χ0) is 15.6. The highest BCUT2D eigenvalue weighted by Crippen LogP contribution is 2.30. The van der Waals surface area contributed by atoms with Gasteiger partial charge >= 0.3 is 0 Å². The van der Waals surface area contributed by atoms with Crippen LogP contribution in [-0.2, 0) is 6.42 Å². The van der Waals surface area contributed by atoms with Gasteiger partial charge in [0.2, 0.25) is 0 Å². The lowest BCUT2D eigenvalue weighted by molar-refractivity contribution is 0.382. The number of ether oxygens (including phenoxy) is 1. The van der Waals surface area contributed by atoms with Crippen molar-refractivity contribution in [1.29, 1.82) is 0 Å². The van der Waals surface area contributed by atoms with Gasteiger partial charge in [-0.2, -0.15) is 0 Å². The van der Waals surface area contributed by atoms with Crippen LogP contribution in [0.4, 0.5) is 4.39 Å². The van der Waals surface area contributed by atoms with Crippen LogP contribution in [0.5, 0.6) is 5.75 Å². The van der Waals surface area contributed by atoms with E-state index in [1.165, 1.54) is 7.11 Å². The Labute approximate surface area is 124 Å². The van der Waals surface area contributed by atoms with E-state index in [0.717, 1.165) is 22.6 Å². The molecule has 1 aromatic heterocycles. The van der Waals surface area contributed by atoms with Gasteiger partial charge in [-0.1, -0.05) is 12.1 Å². The van der Waals surface area contributed by atoms with Crippen LogP contribution in [0, 0.1) is 26.6 Å². The third-order valence-corrected chi connectivity index (χ3v) is 3.85. The van der Waals surface area contributed by atoms with Gasteiger partial charge < -0.3 is 9.15 Å². The first kappa shape index (κ1) is 15.5. The fourth-order valence-electron chi connectivity index (χ4n) is 2.66. The van der Waals surface area contributed by atoms with E-state index >= 15 is 0 Å².